The van der Waals surface area contributed by atoms with E-state index >= 15 is 0 Å². The first kappa shape index (κ1) is 22.3. The van der Waals surface area contributed by atoms with Crippen molar-refractivity contribution >= 4 is 5.91 Å². The van der Waals surface area contributed by atoms with E-state index in [1.54, 1.807) is 27.5 Å². The summed E-state index contributed by atoms with van der Waals surface area (Å²) in [5.41, 5.74) is 3.01. The van der Waals surface area contributed by atoms with Crippen LogP contribution in [-0.4, -0.2) is 32.2 Å². The monoisotopic (exact) mass is 419 g/mol. The molecule has 3 rings (SSSR count). The average Bonchev–Trinajstić information content (AvgIpc) is 2.84. The molecule has 3 aromatic rings. The molecule has 0 radical (unpaired) electrons. The molecule has 0 aliphatic carbocycles. The van der Waals surface area contributed by atoms with Crippen LogP contribution >= 0.6 is 0 Å². The quantitative estimate of drug-likeness (QED) is 0.522. The second-order valence-corrected chi connectivity index (χ2v) is 7.17. The molecular formula is C25H29N3O3. The van der Waals surface area contributed by atoms with Gasteiger partial charge in [0.25, 0.3) is 0 Å². The summed E-state index contributed by atoms with van der Waals surface area (Å²) >= 11 is 0. The van der Waals surface area contributed by atoms with Gasteiger partial charge in [-0.15, -0.1) is 0 Å². The Hall–Kier alpha value is -3.38. The Labute approximate surface area is 183 Å². The summed E-state index contributed by atoms with van der Waals surface area (Å²) in [6.07, 6.45) is 3.28. The first-order valence-electron chi connectivity index (χ1n) is 10.3. The fourth-order valence-corrected chi connectivity index (χ4v) is 3.59. The Morgan fingerprint density at radius 2 is 1.71 bits per heavy atom. The lowest BCUT2D eigenvalue weighted by Gasteiger charge is -2.26. The van der Waals surface area contributed by atoms with Crippen molar-refractivity contribution in [3.63, 3.8) is 0 Å². The van der Waals surface area contributed by atoms with E-state index in [1.165, 1.54) is 5.56 Å². The number of hydrogen-bond donors (Lipinski definition) is 2. The summed E-state index contributed by atoms with van der Waals surface area (Å²) in [6.45, 7) is 0. The number of nitrogens with zero attached hydrogens (tertiary/aromatic N) is 1. The van der Waals surface area contributed by atoms with Crippen molar-refractivity contribution in [1.29, 1.82) is 0 Å². The molecule has 0 spiro atoms. The summed E-state index contributed by atoms with van der Waals surface area (Å²) < 4.78 is 10.8. The van der Waals surface area contributed by atoms with E-state index in [0.29, 0.717) is 5.88 Å². The van der Waals surface area contributed by atoms with Gasteiger partial charge in [0, 0.05) is 24.8 Å². The van der Waals surface area contributed by atoms with Crippen molar-refractivity contribution < 1.29 is 14.3 Å². The number of aryl methyl sites for hydroxylation is 1. The predicted octanol–water partition coefficient (Wildman–Crippen LogP) is 3.85. The Morgan fingerprint density at radius 3 is 2.35 bits per heavy atom. The van der Waals surface area contributed by atoms with Gasteiger partial charge in [0.1, 0.15) is 11.8 Å². The van der Waals surface area contributed by atoms with Crippen molar-refractivity contribution in [3.8, 4) is 11.6 Å². The summed E-state index contributed by atoms with van der Waals surface area (Å²) in [5, 5.41) is 6.32. The molecule has 2 N–H and O–H groups in total. The van der Waals surface area contributed by atoms with Gasteiger partial charge >= 0.3 is 0 Å². The number of hydrogen-bond acceptors (Lipinski definition) is 5. The molecule has 0 bridgehead atoms. The number of carbonyl (C=O) groups excluding carboxylic acids is 1. The van der Waals surface area contributed by atoms with Gasteiger partial charge in [0.2, 0.25) is 11.8 Å². The normalized spacial score (nSPS) is 12.6. The third-order valence-electron chi connectivity index (χ3n) is 5.26. The van der Waals surface area contributed by atoms with Crippen LogP contribution in [0.1, 0.15) is 35.2 Å². The second-order valence-electron chi connectivity index (χ2n) is 7.17. The fourth-order valence-electron chi connectivity index (χ4n) is 3.59. The first-order valence-corrected chi connectivity index (χ1v) is 10.3. The topological polar surface area (TPSA) is 72.5 Å². The van der Waals surface area contributed by atoms with E-state index in [0.717, 1.165) is 29.7 Å². The maximum absolute atomic E-state index is 12.7. The largest absolute Gasteiger partial charge is 0.497 e. The zero-order valence-electron chi connectivity index (χ0n) is 18.2. The molecule has 1 heterocycles. The molecule has 0 saturated carbocycles. The number of pyridine rings is 1. The number of methoxy groups -OCH3 is 2. The van der Waals surface area contributed by atoms with Crippen LogP contribution in [0.25, 0.3) is 0 Å². The molecule has 6 nitrogen and oxygen atoms in total. The van der Waals surface area contributed by atoms with Gasteiger partial charge in [-0.2, -0.15) is 0 Å². The molecule has 31 heavy (non-hydrogen) atoms. The van der Waals surface area contributed by atoms with Crippen molar-refractivity contribution in [2.24, 2.45) is 0 Å². The lowest BCUT2D eigenvalue weighted by molar-refractivity contribution is -0.123. The Kier molecular flexibility index (Phi) is 8.01. The van der Waals surface area contributed by atoms with Gasteiger partial charge in [-0.3, -0.25) is 10.1 Å². The Bertz CT molecular complexity index is 961. The van der Waals surface area contributed by atoms with Gasteiger partial charge in [0.15, 0.2) is 0 Å². The fraction of sp³-hybridized carbons (Fsp3) is 0.280. The number of likely N-dealkylation sites (N-methyl/N-ethyl adjacent to an activating group) is 1. The minimum Gasteiger partial charge on any atom is -0.497 e. The van der Waals surface area contributed by atoms with Crippen LogP contribution in [0.3, 0.4) is 0 Å². The molecule has 0 aliphatic rings. The zero-order chi connectivity index (χ0) is 22.1. The van der Waals surface area contributed by atoms with Gasteiger partial charge in [-0.1, -0.05) is 48.5 Å². The van der Waals surface area contributed by atoms with Gasteiger partial charge in [-0.25, -0.2) is 4.98 Å². The lowest BCUT2D eigenvalue weighted by atomic mass is 9.97. The Morgan fingerprint density at radius 1 is 0.968 bits per heavy atom. The number of aromatic nitrogens is 1. The van der Waals surface area contributed by atoms with Crippen LogP contribution in [0.5, 0.6) is 11.6 Å². The third kappa shape index (κ3) is 5.83. The summed E-state index contributed by atoms with van der Waals surface area (Å²) in [7, 11) is 4.92. The summed E-state index contributed by atoms with van der Waals surface area (Å²) in [6, 6.07) is 21.0. The minimum absolute atomic E-state index is 0.0940. The van der Waals surface area contributed by atoms with Gasteiger partial charge in [0.05, 0.1) is 14.2 Å². The van der Waals surface area contributed by atoms with E-state index in [-0.39, 0.29) is 11.9 Å². The van der Waals surface area contributed by atoms with Crippen molar-refractivity contribution in [2.45, 2.75) is 24.9 Å². The maximum Gasteiger partial charge on any atom is 0.241 e. The number of benzene rings is 2. The minimum atomic E-state index is -0.503. The SMILES string of the molecule is CNC(=O)[C@@H](N[C@H](CCc1ccc(OC)cc1)c1cccnc1OC)c1ccccc1. The second kappa shape index (κ2) is 11.1. The molecule has 2 aromatic carbocycles. The molecule has 0 aliphatic heterocycles. The van der Waals surface area contributed by atoms with E-state index in [4.69, 9.17) is 9.47 Å². The highest BCUT2D eigenvalue weighted by molar-refractivity contribution is 5.83. The van der Waals surface area contributed by atoms with Crippen LogP contribution in [0.15, 0.2) is 72.9 Å². The van der Waals surface area contributed by atoms with Crippen molar-refractivity contribution in [2.75, 3.05) is 21.3 Å². The van der Waals surface area contributed by atoms with Crippen LogP contribution in [0.2, 0.25) is 0 Å². The zero-order valence-corrected chi connectivity index (χ0v) is 18.2. The van der Waals surface area contributed by atoms with Crippen LogP contribution in [-0.2, 0) is 11.2 Å². The molecule has 162 valence electrons. The molecule has 1 amide bonds. The third-order valence-corrected chi connectivity index (χ3v) is 5.26. The highest BCUT2D eigenvalue weighted by atomic mass is 16.5. The molecule has 6 heteroatoms. The maximum atomic E-state index is 12.7. The molecule has 0 saturated heterocycles. The highest BCUT2D eigenvalue weighted by Crippen LogP contribution is 2.29. The van der Waals surface area contributed by atoms with Crippen molar-refractivity contribution in [1.82, 2.24) is 15.6 Å². The van der Waals surface area contributed by atoms with Crippen LogP contribution in [0.4, 0.5) is 0 Å². The van der Waals surface area contributed by atoms with Gasteiger partial charge in [-0.05, 0) is 42.2 Å². The molecular weight excluding hydrogens is 390 g/mol. The molecule has 0 unspecified atom stereocenters. The van der Waals surface area contributed by atoms with Gasteiger partial charge < -0.3 is 14.8 Å². The molecule has 1 aromatic heterocycles. The standard InChI is InChI=1S/C25H29N3O3/c1-26-24(29)23(19-8-5-4-6-9-19)28-22(21-10-7-17-27-25(21)31-3)16-13-18-11-14-20(30-2)15-12-18/h4-12,14-15,17,22-23,28H,13,16H2,1-3H3,(H,26,29)/t22-,23+/m1/s1. The lowest BCUT2D eigenvalue weighted by Crippen LogP contribution is -2.38. The highest BCUT2D eigenvalue weighted by Gasteiger charge is 2.26. The van der Waals surface area contributed by atoms with E-state index in [9.17, 15) is 4.79 Å². The van der Waals surface area contributed by atoms with Crippen LogP contribution in [0, 0.1) is 0 Å². The van der Waals surface area contributed by atoms with Crippen molar-refractivity contribution in [3.05, 3.63) is 89.6 Å². The number of carbonyl (C=O) groups is 1. The Balaban J connectivity index is 1.89. The summed E-state index contributed by atoms with van der Waals surface area (Å²) in [4.78, 5) is 17.1. The smallest absolute Gasteiger partial charge is 0.241 e. The average molecular weight is 420 g/mol. The van der Waals surface area contributed by atoms with E-state index in [1.807, 2.05) is 54.6 Å². The number of ether oxygens (including phenoxy) is 2. The first-order chi connectivity index (χ1) is 15.2. The van der Waals surface area contributed by atoms with Crippen LogP contribution < -0.4 is 20.1 Å². The molecule has 2 atom stereocenters. The predicted molar refractivity (Wildman–Crippen MR) is 121 cm³/mol. The number of nitrogens with one attached hydrogen (secondary N) is 2. The van der Waals surface area contributed by atoms with E-state index in [2.05, 4.69) is 27.8 Å². The molecule has 0 fully saturated rings. The number of amides is 1. The summed E-state index contributed by atoms with van der Waals surface area (Å²) in [5.74, 6) is 1.29. The van der Waals surface area contributed by atoms with E-state index < -0.39 is 6.04 Å². The number of rotatable bonds is 10.